The van der Waals surface area contributed by atoms with Gasteiger partial charge in [-0.1, -0.05) is 23.7 Å². The van der Waals surface area contributed by atoms with Gasteiger partial charge in [0.25, 0.3) is 5.91 Å². The summed E-state index contributed by atoms with van der Waals surface area (Å²) in [4.78, 5) is 22.8. The van der Waals surface area contributed by atoms with Crippen molar-refractivity contribution in [3.63, 3.8) is 0 Å². The molecule has 1 fully saturated rings. The van der Waals surface area contributed by atoms with Crippen LogP contribution in [-0.4, -0.2) is 23.8 Å². The lowest BCUT2D eigenvalue weighted by atomic mass is 10.0. The van der Waals surface area contributed by atoms with Gasteiger partial charge in [0.2, 0.25) is 5.91 Å². The van der Waals surface area contributed by atoms with Gasteiger partial charge < -0.3 is 10.6 Å². The van der Waals surface area contributed by atoms with Crippen LogP contribution in [0.4, 0.5) is 8.78 Å². The minimum Gasteiger partial charge on any atom is -0.347 e. The topological polar surface area (TPSA) is 58.2 Å². The molecule has 1 aliphatic heterocycles. The molecule has 7 heteroatoms. The van der Waals surface area contributed by atoms with E-state index in [1.807, 2.05) is 0 Å². The van der Waals surface area contributed by atoms with Gasteiger partial charge in [-0.2, -0.15) is 8.78 Å². The fourth-order valence-corrected chi connectivity index (χ4v) is 2.29. The van der Waals surface area contributed by atoms with E-state index in [1.165, 1.54) is 0 Å². The number of alkyl halides is 2. The van der Waals surface area contributed by atoms with Gasteiger partial charge in [-0.25, -0.2) is 0 Å². The van der Waals surface area contributed by atoms with Gasteiger partial charge in [0.1, 0.15) is 0 Å². The van der Waals surface area contributed by atoms with Gasteiger partial charge in [-0.3, -0.25) is 9.59 Å². The number of benzene rings is 1. The smallest absolute Gasteiger partial charge is 0.321 e. The lowest BCUT2D eigenvalue weighted by Gasteiger charge is -2.22. The van der Waals surface area contributed by atoms with Crippen molar-refractivity contribution < 1.29 is 18.4 Å². The Hall–Kier alpha value is -1.69. The summed E-state index contributed by atoms with van der Waals surface area (Å²) >= 11 is 5.87. The van der Waals surface area contributed by atoms with E-state index in [4.69, 9.17) is 11.6 Å². The monoisotopic (exact) mass is 302 g/mol. The second-order valence-electron chi connectivity index (χ2n) is 4.77. The van der Waals surface area contributed by atoms with E-state index in [0.717, 1.165) is 0 Å². The summed E-state index contributed by atoms with van der Waals surface area (Å²) in [5.74, 6) is -5.18. The van der Waals surface area contributed by atoms with Crippen LogP contribution in [0.3, 0.4) is 0 Å². The molecule has 0 radical (unpaired) electrons. The van der Waals surface area contributed by atoms with Crippen LogP contribution in [0.1, 0.15) is 24.9 Å². The molecule has 0 aliphatic carbocycles. The molecule has 2 rings (SSSR count). The third-order valence-corrected chi connectivity index (χ3v) is 3.28. The van der Waals surface area contributed by atoms with Crippen molar-refractivity contribution in [3.05, 3.63) is 34.9 Å². The number of amides is 2. The van der Waals surface area contributed by atoms with Gasteiger partial charge in [0.15, 0.2) is 0 Å². The highest BCUT2D eigenvalue weighted by Gasteiger charge is 2.39. The average molecular weight is 303 g/mol. The predicted molar refractivity (Wildman–Crippen MR) is 69.5 cm³/mol. The largest absolute Gasteiger partial charge is 0.347 e. The Morgan fingerprint density at radius 3 is 2.80 bits per heavy atom. The summed E-state index contributed by atoms with van der Waals surface area (Å²) < 4.78 is 25.8. The van der Waals surface area contributed by atoms with E-state index in [1.54, 1.807) is 24.3 Å². The van der Waals surface area contributed by atoms with Crippen molar-refractivity contribution in [3.8, 4) is 0 Å². The number of carbonyl (C=O) groups excluding carboxylic acids is 2. The zero-order valence-corrected chi connectivity index (χ0v) is 11.4. The van der Waals surface area contributed by atoms with Gasteiger partial charge in [0, 0.05) is 18.4 Å². The first kappa shape index (κ1) is 14.7. The van der Waals surface area contributed by atoms with Crippen LogP contribution < -0.4 is 10.6 Å². The Balaban J connectivity index is 2.19. The van der Waals surface area contributed by atoms with E-state index in [9.17, 15) is 18.4 Å². The average Bonchev–Trinajstić information content (AvgIpc) is 2.69. The van der Waals surface area contributed by atoms with Crippen molar-refractivity contribution >= 4 is 23.4 Å². The third kappa shape index (κ3) is 3.25. The molecule has 0 saturated carbocycles. The number of nitrogens with one attached hydrogen (secondary N) is 2. The fourth-order valence-electron chi connectivity index (χ4n) is 2.10. The molecule has 1 saturated heterocycles. The number of rotatable bonds is 3. The summed E-state index contributed by atoms with van der Waals surface area (Å²) in [6, 6.07) is 5.41. The van der Waals surface area contributed by atoms with Crippen LogP contribution in [0, 0.1) is 0 Å². The van der Waals surface area contributed by atoms with E-state index in [-0.39, 0.29) is 12.3 Å². The molecular weight excluding hydrogens is 290 g/mol. The van der Waals surface area contributed by atoms with Gasteiger partial charge in [-0.05, 0) is 17.7 Å². The van der Waals surface area contributed by atoms with Crippen LogP contribution in [0.5, 0.6) is 0 Å². The third-order valence-electron chi connectivity index (χ3n) is 3.05. The first-order valence-corrected chi connectivity index (χ1v) is 6.39. The molecule has 0 bridgehead atoms. The zero-order valence-electron chi connectivity index (χ0n) is 10.6. The van der Waals surface area contributed by atoms with E-state index in [2.05, 4.69) is 10.6 Å². The van der Waals surface area contributed by atoms with Crippen molar-refractivity contribution in [2.45, 2.75) is 31.4 Å². The summed E-state index contributed by atoms with van der Waals surface area (Å²) in [5.41, 5.74) is 0.660. The minimum atomic E-state index is -3.48. The number of hydrogen-bond acceptors (Lipinski definition) is 2. The lowest BCUT2D eigenvalue weighted by molar-refractivity contribution is -0.143. The highest BCUT2D eigenvalue weighted by molar-refractivity contribution is 6.30. The molecule has 2 N–H and O–H groups in total. The first-order valence-electron chi connectivity index (χ1n) is 6.01. The van der Waals surface area contributed by atoms with Crippen LogP contribution >= 0.6 is 11.6 Å². The Labute approximate surface area is 119 Å². The minimum absolute atomic E-state index is 0.0427. The molecule has 2 atom stereocenters. The molecule has 108 valence electrons. The van der Waals surface area contributed by atoms with Gasteiger partial charge >= 0.3 is 5.92 Å². The molecule has 2 amide bonds. The fraction of sp³-hybridized carbons (Fsp3) is 0.385. The van der Waals surface area contributed by atoms with Crippen molar-refractivity contribution in [1.82, 2.24) is 10.6 Å². The maximum Gasteiger partial charge on any atom is 0.321 e. The van der Waals surface area contributed by atoms with Crippen LogP contribution in [-0.2, 0) is 9.59 Å². The molecule has 0 unspecified atom stereocenters. The molecule has 1 heterocycles. The molecule has 0 aromatic heterocycles. The summed E-state index contributed by atoms with van der Waals surface area (Å²) in [6.07, 6.45) is -0.0427. The molecule has 4 nitrogen and oxygen atoms in total. The SMILES string of the molecule is CC(F)(F)C(=O)N[C@H]1CC(=O)N[C@@H]1c1cccc(Cl)c1. The highest BCUT2D eigenvalue weighted by Crippen LogP contribution is 2.27. The standard InChI is InChI=1S/C13H13ClF2N2O2/c1-13(15,16)12(20)17-9-6-10(19)18-11(9)7-3-2-4-8(14)5-7/h2-5,9,11H,6H2,1H3,(H,17,20)(H,18,19)/t9-,11+/m0/s1. The van der Waals surface area contributed by atoms with Crippen LogP contribution in [0.15, 0.2) is 24.3 Å². The normalized spacial score (nSPS) is 22.5. The van der Waals surface area contributed by atoms with Crippen molar-refractivity contribution in [2.24, 2.45) is 0 Å². The zero-order chi connectivity index (χ0) is 14.9. The molecule has 1 aromatic rings. The van der Waals surface area contributed by atoms with E-state index >= 15 is 0 Å². The molecule has 1 aliphatic rings. The highest BCUT2D eigenvalue weighted by atomic mass is 35.5. The lowest BCUT2D eigenvalue weighted by Crippen LogP contribution is -2.45. The Kier molecular flexibility index (Phi) is 3.94. The number of carbonyl (C=O) groups is 2. The van der Waals surface area contributed by atoms with E-state index in [0.29, 0.717) is 17.5 Å². The predicted octanol–water partition coefficient (Wildman–Crippen LogP) is 2.04. The second-order valence-corrected chi connectivity index (χ2v) is 5.21. The van der Waals surface area contributed by atoms with Crippen molar-refractivity contribution in [2.75, 3.05) is 0 Å². The maximum atomic E-state index is 12.9. The Morgan fingerprint density at radius 2 is 2.20 bits per heavy atom. The first-order chi connectivity index (χ1) is 9.27. The number of hydrogen-bond donors (Lipinski definition) is 2. The molecular formula is C13H13ClF2N2O2. The molecule has 0 spiro atoms. The quantitative estimate of drug-likeness (QED) is 0.898. The van der Waals surface area contributed by atoms with Crippen LogP contribution in [0.25, 0.3) is 0 Å². The van der Waals surface area contributed by atoms with Gasteiger partial charge in [-0.15, -0.1) is 0 Å². The molecule has 20 heavy (non-hydrogen) atoms. The van der Waals surface area contributed by atoms with E-state index < -0.39 is 23.9 Å². The summed E-state index contributed by atoms with van der Waals surface area (Å²) in [7, 11) is 0. The summed E-state index contributed by atoms with van der Waals surface area (Å²) in [5, 5.41) is 5.32. The Bertz CT molecular complexity index is 545. The second kappa shape index (κ2) is 5.36. The van der Waals surface area contributed by atoms with Crippen LogP contribution in [0.2, 0.25) is 5.02 Å². The van der Waals surface area contributed by atoms with Gasteiger partial charge in [0.05, 0.1) is 12.1 Å². The summed E-state index contributed by atoms with van der Waals surface area (Å²) in [6.45, 7) is 0.515. The maximum absolute atomic E-state index is 12.9. The molecule has 1 aromatic carbocycles. The number of halogens is 3. The van der Waals surface area contributed by atoms with Crippen molar-refractivity contribution in [1.29, 1.82) is 0 Å². The Morgan fingerprint density at radius 1 is 1.50 bits per heavy atom.